The second-order valence-electron chi connectivity index (χ2n) is 6.18. The quantitative estimate of drug-likeness (QED) is 0.659. The Morgan fingerprint density at radius 3 is 2.29 bits per heavy atom. The van der Waals surface area contributed by atoms with Gasteiger partial charge in [0.05, 0.1) is 12.7 Å². The molecule has 2 N–H and O–H groups in total. The molecule has 0 spiro atoms. The van der Waals surface area contributed by atoms with E-state index in [0.29, 0.717) is 0 Å². The molecule has 120 valence electrons. The normalized spacial score (nSPS) is 15.7. The molecule has 2 atom stereocenters. The maximum Gasteiger partial charge on any atom is 0.0870 e. The van der Waals surface area contributed by atoms with Crippen LogP contribution in [0.1, 0.15) is 76.5 Å². The monoisotopic (exact) mass is 292 g/mol. The number of rotatable bonds is 10. The molecule has 1 rings (SSSR count). The Kier molecular flexibility index (Phi) is 7.98. The number of aliphatic hydroxyl groups excluding tert-OH is 2. The highest BCUT2D eigenvalue weighted by Crippen LogP contribution is 2.42. The lowest BCUT2D eigenvalue weighted by molar-refractivity contribution is -0.0307. The molecule has 21 heavy (non-hydrogen) atoms. The average Bonchev–Trinajstić information content (AvgIpc) is 2.54. The van der Waals surface area contributed by atoms with E-state index in [2.05, 4.69) is 26.8 Å². The van der Waals surface area contributed by atoms with Gasteiger partial charge < -0.3 is 10.2 Å². The van der Waals surface area contributed by atoms with Gasteiger partial charge in [0.2, 0.25) is 0 Å². The largest absolute Gasteiger partial charge is 0.396 e. The van der Waals surface area contributed by atoms with Crippen LogP contribution in [0.15, 0.2) is 24.3 Å². The van der Waals surface area contributed by atoms with Gasteiger partial charge in [-0.05, 0) is 36.8 Å². The van der Waals surface area contributed by atoms with E-state index in [1.54, 1.807) is 0 Å². The Balaban J connectivity index is 3.05. The molecule has 0 radical (unpaired) electrons. The van der Waals surface area contributed by atoms with Crippen LogP contribution in [0.3, 0.4) is 0 Å². The third-order valence-electron chi connectivity index (χ3n) is 4.78. The number of aliphatic hydroxyl groups is 2. The van der Waals surface area contributed by atoms with Gasteiger partial charge in [-0.25, -0.2) is 0 Å². The van der Waals surface area contributed by atoms with Gasteiger partial charge in [-0.1, -0.05) is 64.3 Å². The Labute approximate surface area is 130 Å². The van der Waals surface area contributed by atoms with Crippen LogP contribution < -0.4 is 0 Å². The summed E-state index contributed by atoms with van der Waals surface area (Å²) < 4.78 is 0. The molecule has 0 aliphatic heterocycles. The Morgan fingerprint density at radius 2 is 1.71 bits per heavy atom. The van der Waals surface area contributed by atoms with Crippen molar-refractivity contribution in [3.63, 3.8) is 0 Å². The molecule has 0 aliphatic carbocycles. The van der Waals surface area contributed by atoms with Gasteiger partial charge in [-0.15, -0.1) is 0 Å². The minimum Gasteiger partial charge on any atom is -0.396 e. The molecule has 0 saturated carbocycles. The first-order valence-corrected chi connectivity index (χ1v) is 8.51. The van der Waals surface area contributed by atoms with Crippen molar-refractivity contribution in [2.75, 3.05) is 6.61 Å². The molecule has 0 bridgehead atoms. The smallest absolute Gasteiger partial charge is 0.0870 e. The minimum atomic E-state index is -0.577. The van der Waals surface area contributed by atoms with E-state index < -0.39 is 11.5 Å². The van der Waals surface area contributed by atoms with Crippen molar-refractivity contribution in [3.8, 4) is 0 Å². The molecule has 1 aromatic carbocycles. The zero-order valence-corrected chi connectivity index (χ0v) is 13.9. The molecule has 0 fully saturated rings. The van der Waals surface area contributed by atoms with Gasteiger partial charge in [-0.2, -0.15) is 0 Å². The zero-order chi connectivity index (χ0) is 15.7. The van der Waals surface area contributed by atoms with Crippen LogP contribution in [0.4, 0.5) is 0 Å². The fraction of sp³-hybridized carbons (Fsp3) is 0.684. The van der Waals surface area contributed by atoms with Crippen molar-refractivity contribution in [3.05, 3.63) is 35.4 Å². The molecular weight excluding hydrogens is 260 g/mol. The predicted octanol–water partition coefficient (Wildman–Crippen LogP) is 4.64. The van der Waals surface area contributed by atoms with Gasteiger partial charge in [-0.3, -0.25) is 0 Å². The molecule has 0 aliphatic rings. The van der Waals surface area contributed by atoms with E-state index >= 15 is 0 Å². The predicted molar refractivity (Wildman–Crippen MR) is 89.3 cm³/mol. The fourth-order valence-corrected chi connectivity index (χ4v) is 3.04. The van der Waals surface area contributed by atoms with Crippen molar-refractivity contribution in [2.24, 2.45) is 5.41 Å². The van der Waals surface area contributed by atoms with Crippen LogP contribution in [-0.4, -0.2) is 16.8 Å². The molecule has 2 nitrogen and oxygen atoms in total. The summed E-state index contributed by atoms with van der Waals surface area (Å²) in [5.74, 6) is 0. The van der Waals surface area contributed by atoms with Crippen LogP contribution in [0, 0.1) is 5.41 Å². The first kappa shape index (κ1) is 18.2. The molecule has 0 aromatic heterocycles. The summed E-state index contributed by atoms with van der Waals surface area (Å²) in [6, 6.07) is 8.18. The van der Waals surface area contributed by atoms with Gasteiger partial charge in [0, 0.05) is 5.41 Å². The maximum atomic E-state index is 11.0. The highest BCUT2D eigenvalue weighted by atomic mass is 16.3. The molecule has 0 heterocycles. The summed E-state index contributed by atoms with van der Waals surface area (Å²) in [4.78, 5) is 0. The topological polar surface area (TPSA) is 40.5 Å². The first-order valence-electron chi connectivity index (χ1n) is 8.51. The van der Waals surface area contributed by atoms with Crippen molar-refractivity contribution in [2.45, 2.75) is 71.8 Å². The number of unbranched alkanes of at least 4 members (excludes halogenated alkanes) is 2. The SMILES string of the molecule is CCCCc1ccccc1C(O)C(CC)(CO)CCCC. The number of hydrogen-bond acceptors (Lipinski definition) is 2. The van der Waals surface area contributed by atoms with Gasteiger partial charge in [0.15, 0.2) is 0 Å². The van der Waals surface area contributed by atoms with Crippen molar-refractivity contribution in [1.29, 1.82) is 0 Å². The Hall–Kier alpha value is -0.860. The zero-order valence-electron chi connectivity index (χ0n) is 13.9. The Bertz CT molecular complexity index is 396. The first-order chi connectivity index (χ1) is 10.1. The van der Waals surface area contributed by atoms with Crippen LogP contribution in [0.25, 0.3) is 0 Å². The van der Waals surface area contributed by atoms with E-state index in [-0.39, 0.29) is 6.61 Å². The summed E-state index contributed by atoms with van der Waals surface area (Å²) in [6.07, 6.45) is 6.52. The third-order valence-corrected chi connectivity index (χ3v) is 4.78. The van der Waals surface area contributed by atoms with Crippen LogP contribution in [0.2, 0.25) is 0 Å². The van der Waals surface area contributed by atoms with E-state index in [1.807, 2.05) is 18.2 Å². The van der Waals surface area contributed by atoms with Crippen molar-refractivity contribution < 1.29 is 10.2 Å². The summed E-state index contributed by atoms with van der Waals surface area (Å²) in [5.41, 5.74) is 1.84. The lowest BCUT2D eigenvalue weighted by Crippen LogP contribution is -2.33. The standard InChI is InChI=1S/C19H32O2/c1-4-7-11-16-12-9-10-13-17(16)18(21)19(6-3,15-20)14-8-5-2/h9-10,12-13,18,20-21H,4-8,11,14-15H2,1-3H3. The van der Waals surface area contributed by atoms with E-state index in [4.69, 9.17) is 0 Å². The molecule has 1 aromatic rings. The second kappa shape index (κ2) is 9.22. The highest BCUT2D eigenvalue weighted by Gasteiger charge is 2.36. The highest BCUT2D eigenvalue weighted by molar-refractivity contribution is 5.30. The summed E-state index contributed by atoms with van der Waals surface area (Å²) in [7, 11) is 0. The summed E-state index contributed by atoms with van der Waals surface area (Å²) in [5, 5.41) is 20.9. The van der Waals surface area contributed by atoms with Crippen molar-refractivity contribution >= 4 is 0 Å². The summed E-state index contributed by atoms with van der Waals surface area (Å²) >= 11 is 0. The number of benzene rings is 1. The molecule has 0 saturated heterocycles. The van der Waals surface area contributed by atoms with Gasteiger partial charge in [0.25, 0.3) is 0 Å². The average molecular weight is 292 g/mol. The number of hydrogen-bond donors (Lipinski definition) is 2. The molecule has 0 amide bonds. The van der Waals surface area contributed by atoms with E-state index in [0.717, 1.165) is 50.5 Å². The van der Waals surface area contributed by atoms with Gasteiger partial charge in [0.1, 0.15) is 0 Å². The van der Waals surface area contributed by atoms with E-state index in [9.17, 15) is 10.2 Å². The lowest BCUT2D eigenvalue weighted by Gasteiger charge is -2.37. The van der Waals surface area contributed by atoms with Crippen LogP contribution in [0.5, 0.6) is 0 Å². The van der Waals surface area contributed by atoms with Gasteiger partial charge >= 0.3 is 0 Å². The fourth-order valence-electron chi connectivity index (χ4n) is 3.04. The second-order valence-corrected chi connectivity index (χ2v) is 6.18. The van der Waals surface area contributed by atoms with Crippen LogP contribution >= 0.6 is 0 Å². The molecule has 2 unspecified atom stereocenters. The van der Waals surface area contributed by atoms with Crippen molar-refractivity contribution in [1.82, 2.24) is 0 Å². The number of aryl methyl sites for hydroxylation is 1. The lowest BCUT2D eigenvalue weighted by atomic mass is 9.72. The Morgan fingerprint density at radius 1 is 1.05 bits per heavy atom. The maximum absolute atomic E-state index is 11.0. The summed E-state index contributed by atoms with van der Waals surface area (Å²) in [6.45, 7) is 6.46. The van der Waals surface area contributed by atoms with Crippen LogP contribution in [-0.2, 0) is 6.42 Å². The molecule has 2 heteroatoms. The minimum absolute atomic E-state index is 0.0484. The van der Waals surface area contributed by atoms with E-state index in [1.165, 1.54) is 5.56 Å². The third kappa shape index (κ3) is 4.55. The molecular formula is C19H32O2.